The van der Waals surface area contributed by atoms with E-state index in [1.54, 1.807) is 6.92 Å². The first-order valence-corrected chi connectivity index (χ1v) is 6.30. The van der Waals surface area contributed by atoms with Crippen LogP contribution in [0.25, 0.3) is 0 Å². The molecule has 0 N–H and O–H groups in total. The molecule has 0 saturated heterocycles. The number of rotatable bonds is 3. The van der Waals surface area contributed by atoms with Crippen LogP contribution in [0.2, 0.25) is 5.02 Å². The molecule has 2 aromatic rings. The van der Waals surface area contributed by atoms with Crippen molar-refractivity contribution in [2.24, 2.45) is 0 Å². The fourth-order valence-electron chi connectivity index (χ4n) is 1.54. The van der Waals surface area contributed by atoms with Crippen molar-refractivity contribution < 1.29 is 4.79 Å². The molecule has 1 aromatic heterocycles. The highest BCUT2D eigenvalue weighted by molar-refractivity contribution is 7.08. The van der Waals surface area contributed by atoms with Crippen molar-refractivity contribution in [3.8, 4) is 0 Å². The Labute approximate surface area is 109 Å². The second-order valence-electron chi connectivity index (χ2n) is 3.88. The molecule has 0 bridgehead atoms. The van der Waals surface area contributed by atoms with Crippen LogP contribution in [0.1, 0.15) is 26.5 Å². The summed E-state index contributed by atoms with van der Waals surface area (Å²) in [5.74, 6) is 0.0169. The standard InChI is InChI=1S/C12H11ClN2OS/c1-7-3-4-9(10(13)5-7)6-11(16)12-8(2)14-15-17-12/h3-5H,6H2,1-2H3. The van der Waals surface area contributed by atoms with Crippen molar-refractivity contribution >= 4 is 28.9 Å². The summed E-state index contributed by atoms with van der Waals surface area (Å²) >= 11 is 7.23. The highest BCUT2D eigenvalue weighted by Crippen LogP contribution is 2.21. The van der Waals surface area contributed by atoms with E-state index in [0.29, 0.717) is 22.0 Å². The summed E-state index contributed by atoms with van der Waals surface area (Å²) in [4.78, 5) is 12.6. The maximum atomic E-state index is 12.0. The monoisotopic (exact) mass is 266 g/mol. The summed E-state index contributed by atoms with van der Waals surface area (Å²) in [6.07, 6.45) is 0.295. The zero-order chi connectivity index (χ0) is 12.4. The van der Waals surface area contributed by atoms with Gasteiger partial charge in [-0.2, -0.15) is 0 Å². The number of hydrogen-bond donors (Lipinski definition) is 0. The third kappa shape index (κ3) is 2.70. The molecule has 0 saturated carbocycles. The first-order chi connectivity index (χ1) is 8.08. The maximum Gasteiger partial charge on any atom is 0.180 e. The third-order valence-corrected chi connectivity index (χ3v) is 3.69. The molecule has 0 amide bonds. The molecule has 0 radical (unpaired) electrons. The Kier molecular flexibility index (Phi) is 3.54. The zero-order valence-electron chi connectivity index (χ0n) is 9.53. The number of carbonyl (C=O) groups excluding carboxylic acids is 1. The van der Waals surface area contributed by atoms with Crippen LogP contribution < -0.4 is 0 Å². The lowest BCUT2D eigenvalue weighted by molar-refractivity contribution is 0.0996. The molecule has 17 heavy (non-hydrogen) atoms. The number of benzene rings is 1. The smallest absolute Gasteiger partial charge is 0.180 e. The van der Waals surface area contributed by atoms with E-state index in [0.717, 1.165) is 22.7 Å². The first-order valence-electron chi connectivity index (χ1n) is 5.15. The molecular formula is C12H11ClN2OS. The largest absolute Gasteiger partial charge is 0.293 e. The molecule has 0 aliphatic rings. The van der Waals surface area contributed by atoms with E-state index in [9.17, 15) is 4.79 Å². The Hall–Kier alpha value is -1.26. The van der Waals surface area contributed by atoms with Gasteiger partial charge in [-0.25, -0.2) is 0 Å². The summed E-state index contributed by atoms with van der Waals surface area (Å²) in [7, 11) is 0. The summed E-state index contributed by atoms with van der Waals surface area (Å²) in [6.45, 7) is 3.75. The Morgan fingerprint density at radius 3 is 2.76 bits per heavy atom. The molecule has 0 unspecified atom stereocenters. The van der Waals surface area contributed by atoms with Crippen LogP contribution in [0.3, 0.4) is 0 Å². The van der Waals surface area contributed by atoms with E-state index >= 15 is 0 Å². The average Bonchev–Trinajstić information content (AvgIpc) is 2.68. The molecule has 0 aliphatic heterocycles. The molecule has 88 valence electrons. The predicted molar refractivity (Wildman–Crippen MR) is 68.9 cm³/mol. The molecule has 1 heterocycles. The highest BCUT2D eigenvalue weighted by Gasteiger charge is 2.15. The van der Waals surface area contributed by atoms with E-state index in [4.69, 9.17) is 11.6 Å². The van der Waals surface area contributed by atoms with Gasteiger partial charge in [-0.1, -0.05) is 28.2 Å². The van der Waals surface area contributed by atoms with Crippen molar-refractivity contribution in [3.63, 3.8) is 0 Å². The van der Waals surface area contributed by atoms with Gasteiger partial charge in [0.05, 0.1) is 5.69 Å². The van der Waals surface area contributed by atoms with Gasteiger partial charge in [-0.3, -0.25) is 4.79 Å². The summed E-state index contributed by atoms with van der Waals surface area (Å²) in [6, 6.07) is 5.70. The van der Waals surface area contributed by atoms with Gasteiger partial charge < -0.3 is 0 Å². The van der Waals surface area contributed by atoms with Gasteiger partial charge in [-0.15, -0.1) is 5.10 Å². The Balaban J connectivity index is 2.22. The van der Waals surface area contributed by atoms with Crippen LogP contribution in [0.4, 0.5) is 0 Å². The number of Topliss-reactive ketones (excluding diaryl/α,β-unsaturated/α-hetero) is 1. The van der Waals surface area contributed by atoms with Gasteiger partial charge in [0.2, 0.25) is 0 Å². The van der Waals surface area contributed by atoms with Crippen LogP contribution in [0.15, 0.2) is 18.2 Å². The molecule has 0 fully saturated rings. The van der Waals surface area contributed by atoms with E-state index in [1.807, 2.05) is 25.1 Å². The summed E-state index contributed by atoms with van der Waals surface area (Å²) in [5, 5.41) is 4.46. The normalized spacial score (nSPS) is 10.5. The van der Waals surface area contributed by atoms with Crippen molar-refractivity contribution in [1.82, 2.24) is 9.59 Å². The fourth-order valence-corrected chi connectivity index (χ4v) is 2.43. The van der Waals surface area contributed by atoms with E-state index in [2.05, 4.69) is 9.59 Å². The van der Waals surface area contributed by atoms with Gasteiger partial charge in [0.1, 0.15) is 4.88 Å². The molecule has 0 spiro atoms. The van der Waals surface area contributed by atoms with Crippen molar-refractivity contribution in [1.29, 1.82) is 0 Å². The first kappa shape index (κ1) is 12.2. The number of hydrogen-bond acceptors (Lipinski definition) is 4. The second kappa shape index (κ2) is 4.94. The molecule has 1 aromatic carbocycles. The number of halogens is 1. The van der Waals surface area contributed by atoms with Crippen LogP contribution >= 0.6 is 23.1 Å². The quantitative estimate of drug-likeness (QED) is 0.801. The minimum absolute atomic E-state index is 0.0169. The van der Waals surface area contributed by atoms with Crippen molar-refractivity contribution in [3.05, 3.63) is 44.9 Å². The third-order valence-electron chi connectivity index (χ3n) is 2.46. The predicted octanol–water partition coefficient (Wildman–Crippen LogP) is 3.23. The molecule has 2 rings (SSSR count). The summed E-state index contributed by atoms with van der Waals surface area (Å²) < 4.78 is 3.76. The van der Waals surface area contributed by atoms with Gasteiger partial charge in [0.25, 0.3) is 0 Å². The Morgan fingerprint density at radius 2 is 2.18 bits per heavy atom. The lowest BCUT2D eigenvalue weighted by Gasteiger charge is -2.03. The molecule has 0 atom stereocenters. The lowest BCUT2D eigenvalue weighted by atomic mass is 10.1. The lowest BCUT2D eigenvalue weighted by Crippen LogP contribution is -2.03. The minimum atomic E-state index is 0.0169. The van der Waals surface area contributed by atoms with Gasteiger partial charge >= 0.3 is 0 Å². The van der Waals surface area contributed by atoms with Gasteiger partial charge in [0, 0.05) is 11.4 Å². The van der Waals surface area contributed by atoms with Crippen molar-refractivity contribution in [2.45, 2.75) is 20.3 Å². The molecule has 0 aliphatic carbocycles. The average molecular weight is 267 g/mol. The SMILES string of the molecule is Cc1ccc(CC(=O)c2snnc2C)c(Cl)c1. The number of aryl methyl sites for hydroxylation is 2. The maximum absolute atomic E-state index is 12.0. The second-order valence-corrected chi connectivity index (χ2v) is 5.04. The van der Waals surface area contributed by atoms with E-state index < -0.39 is 0 Å². The van der Waals surface area contributed by atoms with E-state index in [-0.39, 0.29) is 5.78 Å². The van der Waals surface area contributed by atoms with Crippen molar-refractivity contribution in [2.75, 3.05) is 0 Å². The summed E-state index contributed by atoms with van der Waals surface area (Å²) in [5.41, 5.74) is 2.61. The molecular weight excluding hydrogens is 256 g/mol. The highest BCUT2D eigenvalue weighted by atomic mass is 35.5. The van der Waals surface area contributed by atoms with Crippen LogP contribution in [0.5, 0.6) is 0 Å². The van der Waals surface area contributed by atoms with Gasteiger partial charge in [-0.05, 0) is 42.6 Å². The Bertz CT molecular complexity index is 565. The van der Waals surface area contributed by atoms with Crippen LogP contribution in [0, 0.1) is 13.8 Å². The Morgan fingerprint density at radius 1 is 1.41 bits per heavy atom. The van der Waals surface area contributed by atoms with Gasteiger partial charge in [0.15, 0.2) is 5.78 Å². The van der Waals surface area contributed by atoms with Crippen LogP contribution in [-0.2, 0) is 6.42 Å². The molecule has 3 nitrogen and oxygen atoms in total. The topological polar surface area (TPSA) is 42.9 Å². The number of carbonyl (C=O) groups is 1. The fraction of sp³-hybridized carbons (Fsp3) is 0.250. The zero-order valence-corrected chi connectivity index (χ0v) is 11.1. The van der Waals surface area contributed by atoms with Crippen LogP contribution in [-0.4, -0.2) is 15.4 Å². The number of ketones is 1. The van der Waals surface area contributed by atoms with E-state index in [1.165, 1.54) is 0 Å². The number of aromatic nitrogens is 2. The number of nitrogens with zero attached hydrogens (tertiary/aromatic N) is 2. The minimum Gasteiger partial charge on any atom is -0.293 e. The molecule has 5 heteroatoms.